The molecule has 1 N–H and O–H groups in total. The van der Waals surface area contributed by atoms with Crippen LogP contribution in [0.4, 0.5) is 4.39 Å². The number of ether oxygens (including phenoxy) is 2. The van der Waals surface area contributed by atoms with Crippen LogP contribution in [0.5, 0.6) is 0 Å². The van der Waals surface area contributed by atoms with Gasteiger partial charge in [-0.15, -0.1) is 0 Å². The number of benzene rings is 1. The molecular formula is C18H26FNO3. The van der Waals surface area contributed by atoms with E-state index in [1.54, 1.807) is 12.1 Å². The molecule has 2 aliphatic rings. The molecule has 2 aliphatic heterocycles. The summed E-state index contributed by atoms with van der Waals surface area (Å²) in [5.74, 6) is -0.301. The third kappa shape index (κ3) is 4.98. The number of β-amino-alcohol motifs (C(OH)–C–C–N with tert-alkyl or cyclic N) is 1. The van der Waals surface area contributed by atoms with Gasteiger partial charge in [-0.3, -0.25) is 0 Å². The minimum atomic E-state index is -0.640. The molecule has 0 saturated carbocycles. The number of nitrogens with zero attached hydrogens (tertiary/aromatic N) is 1. The maximum Gasteiger partial charge on any atom is 0.123 e. The molecule has 4 nitrogen and oxygen atoms in total. The average Bonchev–Trinajstić information content (AvgIpc) is 2.57. The fraction of sp³-hybridized carbons (Fsp3) is 0.667. The quantitative estimate of drug-likeness (QED) is 0.904. The standard InChI is InChI=1S/C18H26FNO3/c19-15-3-1-2-14(12-15)18(21)13-20-8-4-16(5-9-20)23-17-6-10-22-11-7-17/h1-3,12,16-18,21H,4-11,13H2/t18-/m1/s1. The molecule has 1 aromatic carbocycles. The molecule has 23 heavy (non-hydrogen) atoms. The van der Waals surface area contributed by atoms with Crippen LogP contribution in [0, 0.1) is 5.82 Å². The summed E-state index contributed by atoms with van der Waals surface area (Å²) in [5.41, 5.74) is 0.644. The summed E-state index contributed by atoms with van der Waals surface area (Å²) in [6.45, 7) is 4.00. The third-order valence-corrected chi connectivity index (χ3v) is 4.75. The van der Waals surface area contributed by atoms with Crippen LogP contribution in [0.15, 0.2) is 24.3 Å². The van der Waals surface area contributed by atoms with Gasteiger partial charge in [-0.05, 0) is 43.4 Å². The van der Waals surface area contributed by atoms with Crippen LogP contribution in [0.1, 0.15) is 37.4 Å². The molecule has 5 heteroatoms. The molecule has 2 saturated heterocycles. The van der Waals surface area contributed by atoms with Crippen molar-refractivity contribution in [2.45, 2.75) is 44.0 Å². The molecular weight excluding hydrogens is 297 g/mol. The highest BCUT2D eigenvalue weighted by Crippen LogP contribution is 2.22. The molecule has 2 fully saturated rings. The van der Waals surface area contributed by atoms with E-state index in [1.165, 1.54) is 12.1 Å². The summed E-state index contributed by atoms with van der Waals surface area (Å²) in [7, 11) is 0. The third-order valence-electron chi connectivity index (χ3n) is 4.75. The zero-order valence-corrected chi connectivity index (χ0v) is 13.5. The van der Waals surface area contributed by atoms with E-state index in [1.807, 2.05) is 0 Å². The van der Waals surface area contributed by atoms with Gasteiger partial charge in [-0.25, -0.2) is 4.39 Å². The van der Waals surface area contributed by atoms with Gasteiger partial charge in [0.2, 0.25) is 0 Å². The van der Waals surface area contributed by atoms with E-state index < -0.39 is 6.10 Å². The van der Waals surface area contributed by atoms with Gasteiger partial charge in [-0.2, -0.15) is 0 Å². The number of hydrogen-bond donors (Lipinski definition) is 1. The maximum atomic E-state index is 13.2. The minimum absolute atomic E-state index is 0.301. The van der Waals surface area contributed by atoms with E-state index in [-0.39, 0.29) is 5.82 Å². The van der Waals surface area contributed by atoms with Gasteiger partial charge in [0.15, 0.2) is 0 Å². The zero-order chi connectivity index (χ0) is 16.1. The van der Waals surface area contributed by atoms with Crippen LogP contribution in [-0.4, -0.2) is 55.1 Å². The van der Waals surface area contributed by atoms with Gasteiger partial charge in [-0.1, -0.05) is 12.1 Å². The Morgan fingerprint density at radius 3 is 2.57 bits per heavy atom. The molecule has 1 atom stereocenters. The molecule has 0 radical (unpaired) electrons. The van der Waals surface area contributed by atoms with Gasteiger partial charge in [0.05, 0.1) is 18.3 Å². The fourth-order valence-corrected chi connectivity index (χ4v) is 3.38. The van der Waals surface area contributed by atoms with E-state index in [9.17, 15) is 9.50 Å². The first kappa shape index (κ1) is 16.8. The topological polar surface area (TPSA) is 41.9 Å². The molecule has 128 valence electrons. The van der Waals surface area contributed by atoms with E-state index >= 15 is 0 Å². The van der Waals surface area contributed by atoms with E-state index in [4.69, 9.17) is 9.47 Å². The number of hydrogen-bond acceptors (Lipinski definition) is 4. The molecule has 2 heterocycles. The van der Waals surface area contributed by atoms with Crippen molar-refractivity contribution in [1.82, 2.24) is 4.90 Å². The largest absolute Gasteiger partial charge is 0.387 e. The Hall–Kier alpha value is -1.01. The molecule has 0 amide bonds. The Labute approximate surface area is 137 Å². The highest BCUT2D eigenvalue weighted by Gasteiger charge is 2.25. The first-order chi connectivity index (χ1) is 11.2. The lowest BCUT2D eigenvalue weighted by Crippen LogP contribution is -2.41. The summed E-state index contributed by atoms with van der Waals surface area (Å²) in [4.78, 5) is 2.24. The Balaban J connectivity index is 1.42. The Morgan fingerprint density at radius 2 is 1.87 bits per heavy atom. The summed E-state index contributed by atoms with van der Waals surface area (Å²) < 4.78 is 24.8. The first-order valence-corrected chi connectivity index (χ1v) is 8.60. The summed E-state index contributed by atoms with van der Waals surface area (Å²) >= 11 is 0. The predicted octanol–water partition coefficient (Wildman–Crippen LogP) is 2.52. The van der Waals surface area contributed by atoms with Crippen molar-refractivity contribution >= 4 is 0 Å². The van der Waals surface area contributed by atoms with Crippen LogP contribution in [0.25, 0.3) is 0 Å². The van der Waals surface area contributed by atoms with Gasteiger partial charge < -0.3 is 19.5 Å². The number of aliphatic hydroxyl groups is 1. The minimum Gasteiger partial charge on any atom is -0.387 e. The van der Waals surface area contributed by atoms with Gasteiger partial charge >= 0.3 is 0 Å². The summed E-state index contributed by atoms with van der Waals surface area (Å²) in [6, 6.07) is 6.22. The lowest BCUT2D eigenvalue weighted by atomic mass is 10.0. The van der Waals surface area contributed by atoms with Crippen molar-refractivity contribution in [3.63, 3.8) is 0 Å². The van der Waals surface area contributed by atoms with Gasteiger partial charge in [0, 0.05) is 32.8 Å². The second-order valence-electron chi connectivity index (χ2n) is 6.52. The van der Waals surface area contributed by atoms with Crippen LogP contribution >= 0.6 is 0 Å². The van der Waals surface area contributed by atoms with Crippen LogP contribution in [0.2, 0.25) is 0 Å². The molecule has 3 rings (SSSR count). The first-order valence-electron chi connectivity index (χ1n) is 8.60. The molecule has 0 unspecified atom stereocenters. The van der Waals surface area contributed by atoms with E-state index in [2.05, 4.69) is 4.90 Å². The van der Waals surface area contributed by atoms with Gasteiger partial charge in [0.25, 0.3) is 0 Å². The molecule has 0 aromatic heterocycles. The zero-order valence-electron chi connectivity index (χ0n) is 13.5. The lowest BCUT2D eigenvalue weighted by molar-refractivity contribution is -0.0864. The highest BCUT2D eigenvalue weighted by molar-refractivity contribution is 5.19. The smallest absolute Gasteiger partial charge is 0.123 e. The van der Waals surface area contributed by atoms with Crippen molar-refractivity contribution in [2.75, 3.05) is 32.8 Å². The number of piperidine rings is 1. The number of aliphatic hydroxyl groups excluding tert-OH is 1. The SMILES string of the molecule is O[C@H](CN1CCC(OC2CCOCC2)CC1)c1cccc(F)c1. The lowest BCUT2D eigenvalue weighted by Gasteiger charge is -2.35. The maximum absolute atomic E-state index is 13.2. The number of rotatable bonds is 5. The highest BCUT2D eigenvalue weighted by atomic mass is 19.1. The number of halogens is 1. The van der Waals surface area contributed by atoms with Crippen LogP contribution < -0.4 is 0 Å². The van der Waals surface area contributed by atoms with Crippen molar-refractivity contribution in [1.29, 1.82) is 0 Å². The average molecular weight is 323 g/mol. The van der Waals surface area contributed by atoms with Crippen molar-refractivity contribution in [2.24, 2.45) is 0 Å². The molecule has 0 spiro atoms. The Kier molecular flexibility index (Phi) is 6.00. The summed E-state index contributed by atoms with van der Waals surface area (Å²) in [5, 5.41) is 10.3. The Morgan fingerprint density at radius 1 is 1.17 bits per heavy atom. The van der Waals surface area contributed by atoms with Crippen molar-refractivity contribution in [3.8, 4) is 0 Å². The Bertz CT molecular complexity index is 485. The monoisotopic (exact) mass is 323 g/mol. The predicted molar refractivity (Wildman–Crippen MR) is 85.7 cm³/mol. The van der Waals surface area contributed by atoms with E-state index in [0.29, 0.717) is 24.3 Å². The normalized spacial score (nSPS) is 23.0. The molecule has 0 bridgehead atoms. The van der Waals surface area contributed by atoms with Gasteiger partial charge in [0.1, 0.15) is 5.82 Å². The second-order valence-corrected chi connectivity index (χ2v) is 6.52. The van der Waals surface area contributed by atoms with Crippen molar-refractivity contribution < 1.29 is 19.0 Å². The molecule has 0 aliphatic carbocycles. The van der Waals surface area contributed by atoms with Crippen LogP contribution in [0.3, 0.4) is 0 Å². The van der Waals surface area contributed by atoms with E-state index in [0.717, 1.165) is 52.0 Å². The molecule has 1 aromatic rings. The fourth-order valence-electron chi connectivity index (χ4n) is 3.38. The van der Waals surface area contributed by atoms with Crippen molar-refractivity contribution in [3.05, 3.63) is 35.6 Å². The second kappa shape index (κ2) is 8.20. The number of likely N-dealkylation sites (tertiary alicyclic amines) is 1. The van der Waals surface area contributed by atoms with Crippen LogP contribution in [-0.2, 0) is 9.47 Å². The summed E-state index contributed by atoms with van der Waals surface area (Å²) in [6.07, 6.45) is 4.01.